The van der Waals surface area contributed by atoms with Crippen LogP contribution < -0.4 is 0 Å². The number of allylic oxidation sites excluding steroid dienone is 2. The second-order valence-corrected chi connectivity index (χ2v) is 8.53. The molecule has 6 heteroatoms. The molecule has 1 unspecified atom stereocenters. The van der Waals surface area contributed by atoms with E-state index in [0.29, 0.717) is 23.3 Å². The van der Waals surface area contributed by atoms with Gasteiger partial charge in [0.2, 0.25) is 0 Å². The lowest BCUT2D eigenvalue weighted by Gasteiger charge is -2.18. The number of hydrogen-bond acceptors (Lipinski definition) is 6. The highest BCUT2D eigenvalue weighted by Crippen LogP contribution is 2.39. The van der Waals surface area contributed by atoms with E-state index in [0.717, 1.165) is 5.57 Å². The number of ether oxygens (including phenoxy) is 3. The molecular formula is C25H26O5S. The van der Waals surface area contributed by atoms with Gasteiger partial charge >= 0.3 is 11.9 Å². The normalized spacial score (nSPS) is 20.7. The van der Waals surface area contributed by atoms with Crippen LogP contribution in [0.2, 0.25) is 0 Å². The van der Waals surface area contributed by atoms with Crippen LogP contribution >= 0.6 is 11.8 Å². The van der Waals surface area contributed by atoms with Crippen molar-refractivity contribution in [2.75, 3.05) is 6.61 Å². The van der Waals surface area contributed by atoms with Crippen LogP contribution in [0.4, 0.5) is 0 Å². The van der Waals surface area contributed by atoms with E-state index >= 15 is 0 Å². The number of thioether (sulfide) groups is 1. The first-order valence-electron chi connectivity index (χ1n) is 10.1. The first-order valence-corrected chi connectivity index (χ1v) is 11.0. The molecule has 0 amide bonds. The summed E-state index contributed by atoms with van der Waals surface area (Å²) in [5.41, 5.74) is 1.65. The van der Waals surface area contributed by atoms with Crippen molar-refractivity contribution >= 4 is 23.7 Å². The first-order chi connectivity index (χ1) is 15.0. The van der Waals surface area contributed by atoms with Gasteiger partial charge in [-0.25, -0.2) is 9.59 Å². The van der Waals surface area contributed by atoms with E-state index in [4.69, 9.17) is 14.2 Å². The molecule has 2 aromatic carbocycles. The lowest BCUT2D eigenvalue weighted by Crippen LogP contribution is -2.29. The van der Waals surface area contributed by atoms with Crippen LogP contribution in [0.3, 0.4) is 0 Å². The molecule has 1 aliphatic rings. The highest BCUT2D eigenvalue weighted by atomic mass is 32.2. The average molecular weight is 439 g/mol. The van der Waals surface area contributed by atoms with E-state index in [2.05, 4.69) is 6.58 Å². The molecule has 3 atom stereocenters. The van der Waals surface area contributed by atoms with Gasteiger partial charge < -0.3 is 14.2 Å². The molecule has 31 heavy (non-hydrogen) atoms. The van der Waals surface area contributed by atoms with Crippen molar-refractivity contribution in [2.24, 2.45) is 0 Å². The Morgan fingerprint density at radius 2 is 1.58 bits per heavy atom. The van der Waals surface area contributed by atoms with E-state index in [1.165, 1.54) is 11.8 Å². The van der Waals surface area contributed by atoms with E-state index in [-0.39, 0.29) is 17.3 Å². The zero-order chi connectivity index (χ0) is 22.2. The van der Waals surface area contributed by atoms with E-state index < -0.39 is 18.0 Å². The Balaban J connectivity index is 1.67. The van der Waals surface area contributed by atoms with Crippen LogP contribution in [0.25, 0.3) is 0 Å². The van der Waals surface area contributed by atoms with Crippen molar-refractivity contribution in [1.82, 2.24) is 0 Å². The van der Waals surface area contributed by atoms with Crippen LogP contribution in [0.1, 0.15) is 41.0 Å². The molecule has 2 aromatic rings. The molecule has 0 bridgehead atoms. The van der Waals surface area contributed by atoms with Gasteiger partial charge in [-0.2, -0.15) is 0 Å². The van der Waals surface area contributed by atoms with Gasteiger partial charge in [0.25, 0.3) is 0 Å². The van der Waals surface area contributed by atoms with Gasteiger partial charge in [-0.3, -0.25) is 0 Å². The predicted molar refractivity (Wildman–Crippen MR) is 122 cm³/mol. The Labute approximate surface area is 187 Å². The number of esters is 2. The molecule has 1 saturated heterocycles. The molecule has 0 spiro atoms. The minimum Gasteiger partial charge on any atom is -0.480 e. The van der Waals surface area contributed by atoms with Crippen molar-refractivity contribution in [3.63, 3.8) is 0 Å². The van der Waals surface area contributed by atoms with Gasteiger partial charge in [0, 0.05) is 6.42 Å². The standard InChI is InChI=1S/C25H26O5S/c1-4-17(2)18(3)29-23-15-21(30-25(27)20-13-9-6-10-14-20)22(31-23)16-28-24(26)19-11-7-5-8-12-19/h4-14,21-23H,3,15-16H2,1-2H3/b17-4+/t21-,22-,23?/m1/s1. The number of rotatable bonds is 8. The summed E-state index contributed by atoms with van der Waals surface area (Å²) >= 11 is 1.48. The average Bonchev–Trinajstić information content (AvgIpc) is 3.18. The lowest BCUT2D eigenvalue weighted by atomic mass is 10.2. The molecular weight excluding hydrogens is 412 g/mol. The summed E-state index contributed by atoms with van der Waals surface area (Å²) in [7, 11) is 0. The van der Waals surface area contributed by atoms with Gasteiger partial charge in [-0.05, 0) is 43.7 Å². The Kier molecular flexibility index (Phi) is 7.95. The molecule has 162 valence electrons. The first kappa shape index (κ1) is 22.7. The van der Waals surface area contributed by atoms with Gasteiger partial charge in [0.05, 0.1) is 16.4 Å². The van der Waals surface area contributed by atoms with Crippen molar-refractivity contribution in [2.45, 2.75) is 37.1 Å². The monoisotopic (exact) mass is 438 g/mol. The number of carbonyl (C=O) groups excluding carboxylic acids is 2. The Hall–Kier alpha value is -2.99. The lowest BCUT2D eigenvalue weighted by molar-refractivity contribution is 0.0166. The highest BCUT2D eigenvalue weighted by Gasteiger charge is 2.40. The minimum atomic E-state index is -0.454. The summed E-state index contributed by atoms with van der Waals surface area (Å²) in [6, 6.07) is 17.6. The summed E-state index contributed by atoms with van der Waals surface area (Å²) < 4.78 is 17.3. The topological polar surface area (TPSA) is 61.8 Å². The molecule has 3 rings (SSSR count). The van der Waals surface area contributed by atoms with Crippen molar-refractivity contribution in [1.29, 1.82) is 0 Å². The second kappa shape index (κ2) is 10.9. The Bertz CT molecular complexity index is 939. The van der Waals surface area contributed by atoms with Crippen LogP contribution in [-0.4, -0.2) is 35.3 Å². The molecule has 0 aromatic heterocycles. The van der Waals surface area contributed by atoms with Crippen molar-refractivity contribution < 1.29 is 23.8 Å². The van der Waals surface area contributed by atoms with Crippen LogP contribution in [-0.2, 0) is 14.2 Å². The van der Waals surface area contributed by atoms with E-state index in [1.54, 1.807) is 48.5 Å². The second-order valence-electron chi connectivity index (χ2n) is 7.13. The number of carbonyl (C=O) groups is 2. The number of benzene rings is 2. The molecule has 0 N–H and O–H groups in total. The van der Waals surface area contributed by atoms with E-state index in [1.807, 2.05) is 32.1 Å². The third-order valence-corrected chi connectivity index (χ3v) is 6.35. The fraction of sp³-hybridized carbons (Fsp3) is 0.280. The summed E-state index contributed by atoms with van der Waals surface area (Å²) in [6.45, 7) is 7.92. The largest absolute Gasteiger partial charge is 0.480 e. The molecule has 0 saturated carbocycles. The molecule has 5 nitrogen and oxygen atoms in total. The molecule has 1 aliphatic heterocycles. The van der Waals surface area contributed by atoms with Crippen LogP contribution in [0.5, 0.6) is 0 Å². The summed E-state index contributed by atoms with van der Waals surface area (Å²) in [6.07, 6.45) is 1.95. The summed E-state index contributed by atoms with van der Waals surface area (Å²) in [4.78, 5) is 24.9. The van der Waals surface area contributed by atoms with Gasteiger partial charge in [-0.1, -0.05) is 49.1 Å². The third-order valence-electron chi connectivity index (χ3n) is 4.97. The third kappa shape index (κ3) is 6.25. The van der Waals surface area contributed by atoms with E-state index in [9.17, 15) is 9.59 Å². The zero-order valence-corrected chi connectivity index (χ0v) is 18.5. The highest BCUT2D eigenvalue weighted by molar-refractivity contribution is 8.00. The maximum atomic E-state index is 12.6. The summed E-state index contributed by atoms with van der Waals surface area (Å²) in [5.74, 6) is -0.238. The predicted octanol–water partition coefficient (Wildman–Crippen LogP) is 5.40. The molecule has 0 radical (unpaired) electrons. The maximum absolute atomic E-state index is 12.6. The molecule has 1 fully saturated rings. The molecule has 1 heterocycles. The van der Waals surface area contributed by atoms with Gasteiger partial charge in [-0.15, -0.1) is 11.8 Å². The Morgan fingerprint density at radius 1 is 1.00 bits per heavy atom. The fourth-order valence-corrected chi connectivity index (χ4v) is 4.38. The van der Waals surface area contributed by atoms with Crippen molar-refractivity contribution in [3.8, 4) is 0 Å². The van der Waals surface area contributed by atoms with Crippen LogP contribution in [0, 0.1) is 0 Å². The van der Waals surface area contributed by atoms with Crippen LogP contribution in [0.15, 0.2) is 84.7 Å². The maximum Gasteiger partial charge on any atom is 0.338 e. The smallest absolute Gasteiger partial charge is 0.338 e. The molecule has 0 aliphatic carbocycles. The zero-order valence-electron chi connectivity index (χ0n) is 17.7. The Morgan fingerprint density at radius 3 is 2.16 bits per heavy atom. The van der Waals surface area contributed by atoms with Gasteiger partial charge in [0.1, 0.15) is 23.9 Å². The minimum absolute atomic E-state index is 0.111. The summed E-state index contributed by atoms with van der Waals surface area (Å²) in [5, 5.41) is -0.246. The fourth-order valence-electron chi connectivity index (χ4n) is 3.03. The SMILES string of the molecule is C=C(OC1C[C@@H](OC(=O)c2ccccc2)[C@@H](COC(=O)c2ccccc2)S1)/C(C)=C/C. The van der Waals surface area contributed by atoms with Gasteiger partial charge in [0.15, 0.2) is 0 Å². The quantitative estimate of drug-likeness (QED) is 0.313. The van der Waals surface area contributed by atoms with Crippen molar-refractivity contribution in [3.05, 3.63) is 95.8 Å². The number of hydrogen-bond donors (Lipinski definition) is 0.